The topological polar surface area (TPSA) is 93.1 Å². The van der Waals surface area contributed by atoms with Gasteiger partial charge in [0.2, 0.25) is 0 Å². The Kier molecular flexibility index (Phi) is 6.13. The molecule has 0 atom stereocenters. The van der Waals surface area contributed by atoms with Gasteiger partial charge in [0.15, 0.2) is 0 Å². The van der Waals surface area contributed by atoms with Crippen LogP contribution in [0.1, 0.15) is 35.8 Å². The van der Waals surface area contributed by atoms with Gasteiger partial charge < -0.3 is 5.32 Å². The molecule has 0 aliphatic heterocycles. The molecule has 2 aromatic carbocycles. The van der Waals surface area contributed by atoms with Crippen molar-refractivity contribution in [3.63, 3.8) is 0 Å². The average molecular weight is 410 g/mol. The lowest BCUT2D eigenvalue weighted by Gasteiger charge is -2.12. The lowest BCUT2D eigenvalue weighted by Crippen LogP contribution is -2.16. The summed E-state index contributed by atoms with van der Waals surface area (Å²) in [5.41, 5.74) is 1.56. The normalized spacial score (nSPS) is 11.7. The molecule has 8 heteroatoms. The zero-order chi connectivity index (χ0) is 20.9. The number of sulfonamides is 1. The monoisotopic (exact) mass is 410 g/mol. The maximum Gasteiger partial charge on any atom is 0.256 e. The van der Waals surface area contributed by atoms with Crippen LogP contribution in [0, 0.1) is 0 Å². The predicted octanol–water partition coefficient (Wildman–Crippen LogP) is 4.13. The van der Waals surface area contributed by atoms with E-state index in [4.69, 9.17) is 0 Å². The summed E-state index contributed by atoms with van der Waals surface area (Å²) in [5.74, 6) is 0.298. The van der Waals surface area contributed by atoms with Crippen molar-refractivity contribution < 1.29 is 13.2 Å². The summed E-state index contributed by atoms with van der Waals surface area (Å²) < 4.78 is 28.6. The van der Waals surface area contributed by atoms with Crippen LogP contribution in [0.15, 0.2) is 72.3 Å². The lowest BCUT2D eigenvalue weighted by molar-refractivity contribution is 0.102. The third kappa shape index (κ3) is 5.55. The number of nitrogens with one attached hydrogen (secondary N) is 2. The van der Waals surface area contributed by atoms with Gasteiger partial charge in [0.25, 0.3) is 15.9 Å². The van der Waals surface area contributed by atoms with Crippen LogP contribution in [-0.4, -0.2) is 24.1 Å². The van der Waals surface area contributed by atoms with Crippen molar-refractivity contribution in [2.24, 2.45) is 0 Å². The first-order valence-electron chi connectivity index (χ1n) is 9.05. The Bertz CT molecular complexity index is 1100. The van der Waals surface area contributed by atoms with E-state index in [0.717, 1.165) is 11.0 Å². The molecule has 0 aliphatic rings. The molecular weight excluding hydrogens is 388 g/mol. The Morgan fingerprint density at radius 2 is 1.72 bits per heavy atom. The third-order valence-corrected chi connectivity index (χ3v) is 5.06. The van der Waals surface area contributed by atoms with E-state index in [1.165, 1.54) is 6.08 Å². The molecule has 0 bridgehead atoms. The largest absolute Gasteiger partial charge is 0.307 e. The third-order valence-electron chi connectivity index (χ3n) is 4.05. The highest BCUT2D eigenvalue weighted by Crippen LogP contribution is 2.16. The number of rotatable bonds is 7. The van der Waals surface area contributed by atoms with Crippen molar-refractivity contribution in [2.45, 2.75) is 19.9 Å². The Hall–Kier alpha value is -3.39. The molecule has 0 unspecified atom stereocenters. The summed E-state index contributed by atoms with van der Waals surface area (Å²) in [5, 5.41) is 8.09. The minimum atomic E-state index is -3.66. The number of nitrogens with zero attached hydrogens (tertiary/aromatic N) is 2. The maximum atomic E-state index is 12.4. The van der Waals surface area contributed by atoms with Crippen LogP contribution >= 0.6 is 0 Å². The molecule has 1 amide bonds. The molecule has 3 aromatic rings. The van der Waals surface area contributed by atoms with Crippen LogP contribution < -0.4 is 10.0 Å². The average Bonchev–Trinajstić information content (AvgIpc) is 3.16. The van der Waals surface area contributed by atoms with Crippen LogP contribution in [0.3, 0.4) is 0 Å². The molecule has 0 aliphatic carbocycles. The number of amides is 1. The van der Waals surface area contributed by atoms with E-state index in [9.17, 15) is 13.2 Å². The minimum Gasteiger partial charge on any atom is -0.307 e. The van der Waals surface area contributed by atoms with Crippen molar-refractivity contribution in [2.75, 3.05) is 10.0 Å². The molecular formula is C21H22N4O3S. The molecule has 0 saturated heterocycles. The molecule has 150 valence electrons. The molecule has 1 heterocycles. The number of hydrogen-bond acceptors (Lipinski definition) is 4. The highest BCUT2D eigenvalue weighted by Gasteiger charge is 2.12. The summed E-state index contributed by atoms with van der Waals surface area (Å²) in [6, 6.07) is 17.2. The van der Waals surface area contributed by atoms with E-state index in [2.05, 4.69) is 15.1 Å². The van der Waals surface area contributed by atoms with Gasteiger partial charge in [-0.15, -0.1) is 0 Å². The quantitative estimate of drug-likeness (QED) is 0.612. The summed E-state index contributed by atoms with van der Waals surface area (Å²) in [7, 11) is -3.66. The number of benzene rings is 2. The fraction of sp³-hybridized carbons (Fsp3) is 0.143. The first kappa shape index (κ1) is 20.3. The van der Waals surface area contributed by atoms with E-state index in [1.54, 1.807) is 41.2 Å². The van der Waals surface area contributed by atoms with Gasteiger partial charge in [-0.3, -0.25) is 9.52 Å². The van der Waals surface area contributed by atoms with E-state index in [1.807, 2.05) is 44.2 Å². The smallest absolute Gasteiger partial charge is 0.256 e. The van der Waals surface area contributed by atoms with Crippen LogP contribution in [0.5, 0.6) is 0 Å². The van der Waals surface area contributed by atoms with Crippen LogP contribution in [0.25, 0.3) is 6.08 Å². The summed E-state index contributed by atoms with van der Waals surface area (Å²) in [6.07, 6.45) is 3.14. The maximum absolute atomic E-state index is 12.4. The molecule has 2 N–H and O–H groups in total. The number of hydrogen-bond donors (Lipinski definition) is 2. The van der Waals surface area contributed by atoms with Gasteiger partial charge in [-0.05, 0) is 49.8 Å². The standard InChI is InChI=1S/C21H22N4O3S/c1-16(2)25-20(12-14-22-25)23-21(26)18-8-10-19(11-9-18)24-29(27,28)15-13-17-6-4-3-5-7-17/h3-16,24H,1-2H3,(H,23,26)/b15-13+. The second kappa shape index (κ2) is 8.74. The molecule has 3 rings (SSSR count). The van der Waals surface area contributed by atoms with Crippen molar-refractivity contribution in [1.82, 2.24) is 9.78 Å². The highest BCUT2D eigenvalue weighted by molar-refractivity contribution is 7.95. The van der Waals surface area contributed by atoms with Crippen LogP contribution in [-0.2, 0) is 10.0 Å². The Labute approximate surface area is 170 Å². The van der Waals surface area contributed by atoms with Crippen LogP contribution in [0.4, 0.5) is 11.5 Å². The molecule has 7 nitrogen and oxygen atoms in total. The van der Waals surface area contributed by atoms with Gasteiger partial charge in [0.1, 0.15) is 5.82 Å². The van der Waals surface area contributed by atoms with E-state index in [0.29, 0.717) is 17.1 Å². The number of aromatic nitrogens is 2. The zero-order valence-corrected chi connectivity index (χ0v) is 16.9. The SMILES string of the molecule is CC(C)n1nccc1NC(=O)c1ccc(NS(=O)(=O)/C=C/c2ccccc2)cc1. The predicted molar refractivity (Wildman–Crippen MR) is 115 cm³/mol. The van der Waals surface area contributed by atoms with Crippen molar-refractivity contribution in [3.8, 4) is 0 Å². The zero-order valence-electron chi connectivity index (χ0n) is 16.1. The van der Waals surface area contributed by atoms with Crippen molar-refractivity contribution in [1.29, 1.82) is 0 Å². The molecule has 0 saturated carbocycles. The molecule has 0 fully saturated rings. The van der Waals surface area contributed by atoms with Gasteiger partial charge >= 0.3 is 0 Å². The Morgan fingerprint density at radius 3 is 2.38 bits per heavy atom. The highest BCUT2D eigenvalue weighted by atomic mass is 32.2. The summed E-state index contributed by atoms with van der Waals surface area (Å²) in [4.78, 5) is 12.4. The molecule has 0 radical (unpaired) electrons. The van der Waals surface area contributed by atoms with E-state index in [-0.39, 0.29) is 11.9 Å². The number of carbonyl (C=O) groups is 1. The van der Waals surface area contributed by atoms with E-state index >= 15 is 0 Å². The number of carbonyl (C=O) groups excluding carboxylic acids is 1. The van der Waals surface area contributed by atoms with E-state index < -0.39 is 10.0 Å². The van der Waals surface area contributed by atoms with Gasteiger partial charge in [0, 0.05) is 23.4 Å². The lowest BCUT2D eigenvalue weighted by atomic mass is 10.2. The van der Waals surface area contributed by atoms with Gasteiger partial charge in [0.05, 0.1) is 11.6 Å². The van der Waals surface area contributed by atoms with Gasteiger partial charge in [-0.25, -0.2) is 13.1 Å². The first-order chi connectivity index (χ1) is 13.8. The summed E-state index contributed by atoms with van der Waals surface area (Å²) in [6.45, 7) is 3.94. The number of anilines is 2. The molecule has 1 aromatic heterocycles. The molecule has 0 spiro atoms. The van der Waals surface area contributed by atoms with Gasteiger partial charge in [-0.1, -0.05) is 30.3 Å². The second-order valence-electron chi connectivity index (χ2n) is 6.65. The van der Waals surface area contributed by atoms with Crippen molar-refractivity contribution in [3.05, 3.63) is 83.4 Å². The minimum absolute atomic E-state index is 0.112. The first-order valence-corrected chi connectivity index (χ1v) is 10.6. The Balaban J connectivity index is 1.66. The Morgan fingerprint density at radius 1 is 1.03 bits per heavy atom. The fourth-order valence-electron chi connectivity index (χ4n) is 2.63. The van der Waals surface area contributed by atoms with Gasteiger partial charge in [-0.2, -0.15) is 5.10 Å². The summed E-state index contributed by atoms with van der Waals surface area (Å²) >= 11 is 0. The van der Waals surface area contributed by atoms with Crippen LogP contribution in [0.2, 0.25) is 0 Å². The fourth-order valence-corrected chi connectivity index (χ4v) is 3.50. The second-order valence-corrected chi connectivity index (χ2v) is 8.21. The molecule has 29 heavy (non-hydrogen) atoms. The van der Waals surface area contributed by atoms with Crippen molar-refractivity contribution >= 4 is 33.5 Å².